The van der Waals surface area contributed by atoms with Crippen LogP contribution in [0.15, 0.2) is 78.9 Å². The number of hydrogen-bond acceptors (Lipinski definition) is 5. The Morgan fingerprint density at radius 1 is 0.810 bits per heavy atom. The fourth-order valence-corrected chi connectivity index (χ4v) is 5.83. The third-order valence-corrected chi connectivity index (χ3v) is 8.22. The van der Waals surface area contributed by atoms with Gasteiger partial charge in [-0.1, -0.05) is 74.6 Å². The highest BCUT2D eigenvalue weighted by atomic mass is 16.5. The first-order valence-corrected chi connectivity index (χ1v) is 14.7. The van der Waals surface area contributed by atoms with Crippen LogP contribution in [0.25, 0.3) is 0 Å². The summed E-state index contributed by atoms with van der Waals surface area (Å²) in [6.07, 6.45) is 7.97. The average molecular weight is 568 g/mol. The molecule has 3 aromatic rings. The first kappa shape index (κ1) is 29.0. The molecule has 5 rings (SSSR count). The number of anilines is 2. The van der Waals surface area contributed by atoms with Gasteiger partial charge >= 0.3 is 0 Å². The number of ether oxygens (including phenoxy) is 1. The van der Waals surface area contributed by atoms with E-state index in [1.54, 1.807) is 54.4 Å². The third kappa shape index (κ3) is 6.54. The number of likely N-dealkylation sites (N-methyl/N-ethyl adjacent to an activating group) is 1. The van der Waals surface area contributed by atoms with Gasteiger partial charge in [-0.05, 0) is 55.2 Å². The van der Waals surface area contributed by atoms with E-state index >= 15 is 0 Å². The predicted octanol–water partition coefficient (Wildman–Crippen LogP) is 5.72. The molecular weight excluding hydrogens is 530 g/mol. The molecule has 2 aliphatic rings. The molecule has 1 heterocycles. The molecule has 0 atom stereocenters. The fraction of sp³-hybridized carbons (Fsp3) is 0.353. The van der Waals surface area contributed by atoms with E-state index in [4.69, 9.17) is 4.74 Å². The molecule has 3 aromatic carbocycles. The Labute approximate surface area is 246 Å². The van der Waals surface area contributed by atoms with E-state index in [9.17, 15) is 19.2 Å². The van der Waals surface area contributed by atoms with E-state index in [0.717, 1.165) is 23.4 Å². The van der Waals surface area contributed by atoms with Crippen molar-refractivity contribution in [2.45, 2.75) is 44.9 Å². The molecule has 0 N–H and O–H groups in total. The zero-order valence-corrected chi connectivity index (χ0v) is 24.0. The zero-order chi connectivity index (χ0) is 29.5. The van der Waals surface area contributed by atoms with Gasteiger partial charge in [0.1, 0.15) is 12.3 Å². The van der Waals surface area contributed by atoms with Gasteiger partial charge in [-0.15, -0.1) is 0 Å². The lowest BCUT2D eigenvalue weighted by Gasteiger charge is -2.28. The van der Waals surface area contributed by atoms with E-state index in [2.05, 4.69) is 0 Å². The van der Waals surface area contributed by atoms with E-state index in [1.807, 2.05) is 36.4 Å². The Morgan fingerprint density at radius 3 is 2.12 bits per heavy atom. The number of fused-ring (bicyclic) bond motifs is 1. The van der Waals surface area contributed by atoms with Gasteiger partial charge in [0, 0.05) is 19.3 Å². The van der Waals surface area contributed by atoms with Crippen LogP contribution < -0.4 is 14.5 Å². The summed E-state index contributed by atoms with van der Waals surface area (Å²) < 4.78 is 6.00. The molecule has 8 heteroatoms. The van der Waals surface area contributed by atoms with Crippen molar-refractivity contribution in [1.29, 1.82) is 0 Å². The maximum atomic E-state index is 13.9. The lowest BCUT2D eigenvalue weighted by Crippen LogP contribution is -2.43. The van der Waals surface area contributed by atoms with Crippen LogP contribution in [0, 0.1) is 5.92 Å². The molecule has 0 saturated heterocycles. The summed E-state index contributed by atoms with van der Waals surface area (Å²) in [5.41, 5.74) is 1.88. The number of nitrogens with zero attached hydrogens (tertiary/aromatic N) is 3. The van der Waals surface area contributed by atoms with E-state index in [-0.39, 0.29) is 25.0 Å². The van der Waals surface area contributed by atoms with Crippen molar-refractivity contribution < 1.29 is 23.9 Å². The molecule has 1 aliphatic heterocycles. The summed E-state index contributed by atoms with van der Waals surface area (Å²) in [7, 11) is 1.69. The summed E-state index contributed by atoms with van der Waals surface area (Å²) in [5.74, 6) is -0.519. The number of amides is 4. The number of benzene rings is 3. The van der Waals surface area contributed by atoms with Crippen LogP contribution in [0.5, 0.6) is 5.75 Å². The Balaban J connectivity index is 1.33. The molecule has 0 unspecified atom stereocenters. The molecule has 0 bridgehead atoms. The largest absolute Gasteiger partial charge is 0.482 e. The molecule has 0 aromatic heterocycles. The SMILES string of the molecule is CN(C(=O)COc1ccccc1N(CCCC1CCCCC1)C(=O)CN1C(=O)c2ccccc2C1=O)c1ccccc1. The first-order chi connectivity index (χ1) is 20.4. The van der Waals surface area contributed by atoms with E-state index < -0.39 is 11.8 Å². The van der Waals surface area contributed by atoms with Crippen molar-refractivity contribution >= 4 is 35.0 Å². The molecule has 42 heavy (non-hydrogen) atoms. The minimum atomic E-state index is -0.467. The van der Waals surface area contributed by atoms with Crippen molar-refractivity contribution in [2.24, 2.45) is 5.92 Å². The van der Waals surface area contributed by atoms with Gasteiger partial charge in [0.25, 0.3) is 17.7 Å². The van der Waals surface area contributed by atoms with Gasteiger partial charge in [0.05, 0.1) is 16.8 Å². The molecular formula is C34H37N3O5. The van der Waals surface area contributed by atoms with Gasteiger partial charge < -0.3 is 14.5 Å². The minimum absolute atomic E-state index is 0.217. The summed E-state index contributed by atoms with van der Waals surface area (Å²) in [4.78, 5) is 57.0. The van der Waals surface area contributed by atoms with Crippen molar-refractivity contribution in [3.63, 3.8) is 0 Å². The standard InChI is InChI=1S/C34H37N3O5/c1-35(26-16-6-3-7-17-26)32(39)24-42-30-21-11-10-20-29(30)36(22-12-15-25-13-4-2-5-14-25)31(38)23-37-33(40)27-18-8-9-19-28(27)34(37)41/h3,6-11,16-21,25H,2,4-5,12-15,22-24H2,1H3. The van der Waals surface area contributed by atoms with Crippen molar-refractivity contribution in [3.8, 4) is 5.75 Å². The summed E-state index contributed by atoms with van der Waals surface area (Å²) in [6.45, 7) is -0.179. The highest BCUT2D eigenvalue weighted by molar-refractivity contribution is 6.22. The number of carbonyl (C=O) groups is 4. The van der Waals surface area contributed by atoms with Gasteiger partial charge in [0.2, 0.25) is 5.91 Å². The fourth-order valence-electron chi connectivity index (χ4n) is 5.83. The minimum Gasteiger partial charge on any atom is -0.482 e. The first-order valence-electron chi connectivity index (χ1n) is 14.7. The van der Waals surface area contributed by atoms with Gasteiger partial charge in [-0.2, -0.15) is 0 Å². The van der Waals surface area contributed by atoms with Crippen molar-refractivity contribution in [3.05, 3.63) is 90.0 Å². The molecule has 0 spiro atoms. The van der Waals surface area contributed by atoms with Gasteiger partial charge in [0.15, 0.2) is 6.61 Å². The average Bonchev–Trinajstić information content (AvgIpc) is 3.27. The van der Waals surface area contributed by atoms with E-state index in [1.165, 1.54) is 37.0 Å². The number of carbonyl (C=O) groups excluding carboxylic acids is 4. The molecule has 4 amide bonds. The Bertz CT molecular complexity index is 1400. The highest BCUT2D eigenvalue weighted by Gasteiger charge is 2.37. The molecule has 8 nitrogen and oxygen atoms in total. The van der Waals surface area contributed by atoms with Crippen LogP contribution in [0.3, 0.4) is 0 Å². The predicted molar refractivity (Wildman–Crippen MR) is 162 cm³/mol. The number of hydrogen-bond donors (Lipinski definition) is 0. The topological polar surface area (TPSA) is 87.2 Å². The quantitative estimate of drug-likeness (QED) is 0.277. The summed E-state index contributed by atoms with van der Waals surface area (Å²) >= 11 is 0. The molecule has 1 fully saturated rings. The van der Waals surface area contributed by atoms with Crippen LogP contribution in [-0.2, 0) is 9.59 Å². The Hall–Kier alpha value is -4.46. The van der Waals surface area contributed by atoms with Crippen LogP contribution in [0.4, 0.5) is 11.4 Å². The Kier molecular flexibility index (Phi) is 9.31. The van der Waals surface area contributed by atoms with E-state index in [0.29, 0.717) is 35.0 Å². The normalized spacial score (nSPS) is 14.9. The molecule has 1 saturated carbocycles. The van der Waals surface area contributed by atoms with Crippen molar-refractivity contribution in [1.82, 2.24) is 4.90 Å². The maximum absolute atomic E-state index is 13.9. The van der Waals surface area contributed by atoms with Crippen LogP contribution >= 0.6 is 0 Å². The molecule has 1 aliphatic carbocycles. The van der Waals surface area contributed by atoms with Gasteiger partial charge in [-0.3, -0.25) is 24.1 Å². The van der Waals surface area contributed by atoms with Crippen LogP contribution in [-0.4, -0.2) is 55.3 Å². The molecule has 218 valence electrons. The second-order valence-electron chi connectivity index (χ2n) is 11.0. The second kappa shape index (κ2) is 13.5. The van der Waals surface area contributed by atoms with Gasteiger partial charge in [-0.25, -0.2) is 0 Å². The highest BCUT2D eigenvalue weighted by Crippen LogP contribution is 2.32. The monoisotopic (exact) mass is 567 g/mol. The zero-order valence-electron chi connectivity index (χ0n) is 24.0. The lowest BCUT2D eigenvalue weighted by molar-refractivity contribution is -0.120. The number of para-hydroxylation sites is 3. The summed E-state index contributed by atoms with van der Waals surface area (Å²) in [5, 5.41) is 0. The van der Waals surface area contributed by atoms with Crippen LogP contribution in [0.1, 0.15) is 65.7 Å². The molecule has 0 radical (unpaired) electrons. The van der Waals surface area contributed by atoms with Crippen LogP contribution in [0.2, 0.25) is 0 Å². The number of rotatable bonds is 11. The second-order valence-corrected chi connectivity index (χ2v) is 11.0. The lowest BCUT2D eigenvalue weighted by atomic mass is 9.86. The summed E-state index contributed by atoms with van der Waals surface area (Å²) in [6, 6.07) is 23.0. The third-order valence-electron chi connectivity index (χ3n) is 8.22. The maximum Gasteiger partial charge on any atom is 0.264 e. The Morgan fingerprint density at radius 2 is 1.43 bits per heavy atom. The van der Waals surface area contributed by atoms with Crippen molar-refractivity contribution in [2.75, 3.05) is 36.5 Å². The smallest absolute Gasteiger partial charge is 0.264 e. The number of imide groups is 1.